The Bertz CT molecular complexity index is 734. The third kappa shape index (κ3) is 2.69. The molecule has 0 saturated carbocycles. The van der Waals surface area contributed by atoms with Gasteiger partial charge in [-0.3, -0.25) is 4.98 Å². The smallest absolute Gasteiger partial charge is 0.245 e. The van der Waals surface area contributed by atoms with Gasteiger partial charge in [-0.25, -0.2) is 8.42 Å². The van der Waals surface area contributed by atoms with Crippen LogP contribution in [0, 0.1) is 0 Å². The van der Waals surface area contributed by atoms with Gasteiger partial charge in [-0.1, -0.05) is 23.7 Å². The lowest BCUT2D eigenvalue weighted by molar-refractivity contribution is 0.396. The second-order valence-corrected chi connectivity index (χ2v) is 7.25. The first-order valence-electron chi connectivity index (χ1n) is 6.77. The summed E-state index contributed by atoms with van der Waals surface area (Å²) in [6.07, 6.45) is 5.03. The summed E-state index contributed by atoms with van der Waals surface area (Å²) in [5, 5.41) is 0.262. The maximum Gasteiger partial charge on any atom is 0.245 e. The van der Waals surface area contributed by atoms with Crippen molar-refractivity contribution >= 4 is 21.6 Å². The summed E-state index contributed by atoms with van der Waals surface area (Å²) in [6.45, 7) is 0.514. The summed E-state index contributed by atoms with van der Waals surface area (Å²) in [7, 11) is -3.59. The van der Waals surface area contributed by atoms with Crippen LogP contribution in [-0.4, -0.2) is 24.3 Å². The molecule has 1 aliphatic rings. The molecule has 3 rings (SSSR count). The lowest BCUT2D eigenvalue weighted by Crippen LogP contribution is -2.30. The van der Waals surface area contributed by atoms with E-state index in [1.54, 1.807) is 41.0 Å². The van der Waals surface area contributed by atoms with E-state index >= 15 is 0 Å². The molecule has 1 aliphatic heterocycles. The van der Waals surface area contributed by atoms with E-state index in [-0.39, 0.29) is 16.0 Å². The van der Waals surface area contributed by atoms with Crippen LogP contribution in [0.3, 0.4) is 0 Å². The first-order chi connectivity index (χ1) is 10.1. The van der Waals surface area contributed by atoms with Crippen molar-refractivity contribution < 1.29 is 8.42 Å². The number of rotatable bonds is 3. The molecular weight excluding hydrogens is 308 g/mol. The fourth-order valence-corrected chi connectivity index (χ4v) is 4.90. The Balaban J connectivity index is 2.01. The lowest BCUT2D eigenvalue weighted by Gasteiger charge is -2.24. The maximum absolute atomic E-state index is 12.9. The van der Waals surface area contributed by atoms with Gasteiger partial charge in [0.2, 0.25) is 10.0 Å². The number of halogens is 1. The summed E-state index contributed by atoms with van der Waals surface area (Å²) >= 11 is 6.07. The van der Waals surface area contributed by atoms with Gasteiger partial charge >= 0.3 is 0 Å². The predicted molar refractivity (Wildman–Crippen MR) is 81.6 cm³/mol. The Morgan fingerprint density at radius 2 is 1.86 bits per heavy atom. The van der Waals surface area contributed by atoms with Crippen molar-refractivity contribution in [2.45, 2.75) is 23.8 Å². The van der Waals surface area contributed by atoms with Crippen molar-refractivity contribution in [3.8, 4) is 0 Å². The minimum absolute atomic E-state index is 0.144. The van der Waals surface area contributed by atoms with Crippen LogP contribution in [0.15, 0.2) is 53.7 Å². The summed E-state index contributed by atoms with van der Waals surface area (Å²) in [4.78, 5) is 4.16. The van der Waals surface area contributed by atoms with Crippen LogP contribution < -0.4 is 0 Å². The molecular formula is C15H15ClN2O2S. The average molecular weight is 323 g/mol. The normalized spacial score (nSPS) is 19.8. The zero-order valence-corrected chi connectivity index (χ0v) is 12.9. The maximum atomic E-state index is 12.9. The Morgan fingerprint density at radius 1 is 1.14 bits per heavy atom. The van der Waals surface area contributed by atoms with Gasteiger partial charge in [0.15, 0.2) is 0 Å². The van der Waals surface area contributed by atoms with Crippen molar-refractivity contribution in [1.29, 1.82) is 0 Å². The molecule has 0 radical (unpaired) electrons. The molecule has 2 heterocycles. The molecule has 0 bridgehead atoms. The van der Waals surface area contributed by atoms with Gasteiger partial charge < -0.3 is 0 Å². The van der Waals surface area contributed by atoms with Gasteiger partial charge in [0.05, 0.1) is 11.1 Å². The van der Waals surface area contributed by atoms with Crippen molar-refractivity contribution in [2.75, 3.05) is 6.54 Å². The van der Waals surface area contributed by atoms with E-state index < -0.39 is 10.0 Å². The van der Waals surface area contributed by atoms with Gasteiger partial charge in [0.1, 0.15) is 4.90 Å². The highest BCUT2D eigenvalue weighted by Gasteiger charge is 2.36. The largest absolute Gasteiger partial charge is 0.265 e. The molecule has 1 atom stereocenters. The predicted octanol–water partition coefficient (Wildman–Crippen LogP) is 3.26. The summed E-state index contributed by atoms with van der Waals surface area (Å²) < 4.78 is 27.3. The van der Waals surface area contributed by atoms with Crippen LogP contribution in [0.25, 0.3) is 0 Å². The van der Waals surface area contributed by atoms with Crippen LogP contribution in [0.5, 0.6) is 0 Å². The first kappa shape index (κ1) is 14.5. The molecule has 1 aromatic heterocycles. The molecule has 2 aromatic rings. The molecule has 1 unspecified atom stereocenters. The molecule has 1 fully saturated rings. The fraction of sp³-hybridized carbons (Fsp3) is 0.267. The minimum Gasteiger partial charge on any atom is -0.265 e. The summed E-state index contributed by atoms with van der Waals surface area (Å²) in [5.74, 6) is 0. The molecule has 4 nitrogen and oxygen atoms in total. The standard InChI is InChI=1S/C15H15ClN2O2S/c16-13-4-1-2-6-15(13)21(19,20)18-11-3-5-14(18)12-7-9-17-10-8-12/h1-2,4,6-10,14H,3,5,11H2. The number of hydrogen-bond acceptors (Lipinski definition) is 3. The number of sulfonamides is 1. The SMILES string of the molecule is O=S(=O)(c1ccccc1Cl)N1CCCC1c1ccncc1. The Hall–Kier alpha value is -1.43. The Kier molecular flexibility index (Phi) is 3.97. The molecule has 1 aromatic carbocycles. The quantitative estimate of drug-likeness (QED) is 0.871. The highest BCUT2D eigenvalue weighted by molar-refractivity contribution is 7.89. The van der Waals surface area contributed by atoms with E-state index in [1.165, 1.54) is 0 Å². The highest BCUT2D eigenvalue weighted by Crippen LogP contribution is 2.37. The van der Waals surface area contributed by atoms with Gasteiger partial charge in [0.25, 0.3) is 0 Å². The van der Waals surface area contributed by atoms with Gasteiger partial charge in [-0.15, -0.1) is 0 Å². The molecule has 0 spiro atoms. The highest BCUT2D eigenvalue weighted by atomic mass is 35.5. The number of aromatic nitrogens is 1. The second-order valence-electron chi connectivity index (χ2n) is 4.98. The molecule has 6 heteroatoms. The number of benzene rings is 1. The second kappa shape index (κ2) is 5.75. The van der Waals surface area contributed by atoms with E-state index in [9.17, 15) is 8.42 Å². The van der Waals surface area contributed by atoms with Crippen LogP contribution >= 0.6 is 11.6 Å². The van der Waals surface area contributed by atoms with Crippen molar-refractivity contribution in [2.24, 2.45) is 0 Å². The van der Waals surface area contributed by atoms with Crippen LogP contribution in [0.4, 0.5) is 0 Å². The van der Waals surface area contributed by atoms with E-state index in [4.69, 9.17) is 11.6 Å². The van der Waals surface area contributed by atoms with Crippen molar-refractivity contribution in [1.82, 2.24) is 9.29 Å². The number of nitrogens with zero attached hydrogens (tertiary/aromatic N) is 2. The van der Waals surface area contributed by atoms with Crippen LogP contribution in [0.2, 0.25) is 5.02 Å². The van der Waals surface area contributed by atoms with Gasteiger partial charge in [-0.05, 0) is 42.7 Å². The first-order valence-corrected chi connectivity index (χ1v) is 8.59. The van der Waals surface area contributed by atoms with E-state index in [1.807, 2.05) is 12.1 Å². The molecule has 110 valence electrons. The molecule has 0 amide bonds. The monoisotopic (exact) mass is 322 g/mol. The van der Waals surface area contributed by atoms with Gasteiger partial charge in [0, 0.05) is 18.9 Å². The zero-order valence-electron chi connectivity index (χ0n) is 11.3. The van der Waals surface area contributed by atoms with Gasteiger partial charge in [-0.2, -0.15) is 4.31 Å². The topological polar surface area (TPSA) is 50.3 Å². The van der Waals surface area contributed by atoms with Crippen molar-refractivity contribution in [3.05, 3.63) is 59.4 Å². The van der Waals surface area contributed by atoms with Crippen LogP contribution in [-0.2, 0) is 10.0 Å². The van der Waals surface area contributed by atoms with E-state index in [0.717, 1.165) is 18.4 Å². The van der Waals surface area contributed by atoms with E-state index in [2.05, 4.69) is 4.98 Å². The third-order valence-electron chi connectivity index (χ3n) is 3.72. The zero-order chi connectivity index (χ0) is 14.9. The number of pyridine rings is 1. The summed E-state index contributed by atoms with van der Waals surface area (Å²) in [5.41, 5.74) is 0.970. The fourth-order valence-electron chi connectivity index (χ4n) is 2.73. The van der Waals surface area contributed by atoms with E-state index in [0.29, 0.717) is 6.54 Å². The average Bonchev–Trinajstić information content (AvgIpc) is 2.99. The lowest BCUT2D eigenvalue weighted by atomic mass is 10.1. The van der Waals surface area contributed by atoms with Crippen molar-refractivity contribution in [3.63, 3.8) is 0 Å². The molecule has 0 aliphatic carbocycles. The number of hydrogen-bond donors (Lipinski definition) is 0. The van der Waals surface area contributed by atoms with Crippen LogP contribution in [0.1, 0.15) is 24.4 Å². The minimum atomic E-state index is -3.59. The third-order valence-corrected chi connectivity index (χ3v) is 6.13. The molecule has 21 heavy (non-hydrogen) atoms. The summed E-state index contributed by atoms with van der Waals surface area (Å²) in [6, 6.07) is 10.2. The molecule has 1 saturated heterocycles. The Morgan fingerprint density at radius 3 is 2.57 bits per heavy atom. The Labute approximate surface area is 129 Å². The molecule has 0 N–H and O–H groups in total.